The highest BCUT2D eigenvalue weighted by Crippen LogP contribution is 2.38. The summed E-state index contributed by atoms with van der Waals surface area (Å²) in [6.45, 7) is 10.3. The Hall–Kier alpha value is -3.06. The third kappa shape index (κ3) is 11.0. The molecule has 3 saturated heterocycles. The predicted octanol–water partition coefficient (Wildman–Crippen LogP) is 9.21. The van der Waals surface area contributed by atoms with E-state index in [1.165, 1.54) is 55.2 Å². The molecular formula is C43H58O6. The molecule has 0 atom stereocenters. The van der Waals surface area contributed by atoms with Crippen molar-refractivity contribution < 1.29 is 28.4 Å². The van der Waals surface area contributed by atoms with Gasteiger partial charge in [-0.25, -0.2) is 0 Å². The molecule has 49 heavy (non-hydrogen) atoms. The van der Waals surface area contributed by atoms with Crippen LogP contribution in [0.2, 0.25) is 0 Å². The normalized spacial score (nSPS) is 16.8. The van der Waals surface area contributed by atoms with Gasteiger partial charge in [0.05, 0.1) is 59.5 Å². The molecule has 6 nitrogen and oxygen atoms in total. The third-order valence-electron chi connectivity index (χ3n) is 10.8. The second-order valence-electron chi connectivity index (χ2n) is 14.8. The van der Waals surface area contributed by atoms with Gasteiger partial charge in [-0.15, -0.1) is 0 Å². The van der Waals surface area contributed by atoms with Crippen molar-refractivity contribution in [2.24, 2.45) is 17.8 Å². The van der Waals surface area contributed by atoms with E-state index in [1.807, 2.05) is 0 Å². The minimum absolute atomic E-state index is 0.173. The van der Waals surface area contributed by atoms with Crippen molar-refractivity contribution in [3.05, 3.63) is 89.5 Å². The number of hydrogen-bond acceptors (Lipinski definition) is 6. The molecule has 0 aromatic heterocycles. The van der Waals surface area contributed by atoms with Crippen LogP contribution in [-0.2, 0) is 26.0 Å². The number of unbranched alkanes of at least 4 members (excludes halogenated alkanes) is 3. The lowest BCUT2D eigenvalue weighted by molar-refractivity contribution is -0.0367. The van der Waals surface area contributed by atoms with Crippen LogP contribution in [0.15, 0.2) is 72.8 Å². The van der Waals surface area contributed by atoms with Gasteiger partial charge in [0.15, 0.2) is 0 Å². The van der Waals surface area contributed by atoms with Crippen molar-refractivity contribution in [3.63, 3.8) is 0 Å². The molecule has 0 radical (unpaired) electrons. The number of rotatable bonds is 23. The first-order chi connectivity index (χ1) is 24.1. The molecule has 3 aliphatic heterocycles. The Kier molecular flexibility index (Phi) is 13.7. The monoisotopic (exact) mass is 670 g/mol. The zero-order valence-electron chi connectivity index (χ0n) is 29.8. The van der Waals surface area contributed by atoms with E-state index in [4.69, 9.17) is 28.4 Å². The maximum Gasteiger partial charge on any atom is 0.119 e. The van der Waals surface area contributed by atoms with Crippen LogP contribution < -0.4 is 14.2 Å². The number of benzene rings is 3. The van der Waals surface area contributed by atoms with Gasteiger partial charge in [-0.2, -0.15) is 0 Å². The molecule has 0 N–H and O–H groups in total. The molecule has 3 aromatic rings. The molecule has 3 fully saturated rings. The fourth-order valence-electron chi connectivity index (χ4n) is 6.97. The second kappa shape index (κ2) is 18.8. The van der Waals surface area contributed by atoms with Crippen molar-refractivity contribution in [2.75, 3.05) is 59.5 Å². The van der Waals surface area contributed by atoms with E-state index < -0.39 is 0 Å². The highest BCUT2D eigenvalue weighted by molar-refractivity contribution is 5.43. The highest BCUT2D eigenvalue weighted by Gasteiger charge is 2.29. The van der Waals surface area contributed by atoms with Crippen molar-refractivity contribution in [2.45, 2.75) is 83.0 Å². The molecule has 6 rings (SSSR count). The summed E-state index contributed by atoms with van der Waals surface area (Å²) < 4.78 is 34.2. The SMILES string of the molecule is CC(CCc1ccc(OCCCCC2COC2)cc1)(c1ccc(OCCCCC2COC2)cc1)c1ccc(OCCCCC2COC2)cc1. The molecule has 0 spiro atoms. The van der Waals surface area contributed by atoms with E-state index in [9.17, 15) is 0 Å². The van der Waals surface area contributed by atoms with Gasteiger partial charge in [0.2, 0.25) is 0 Å². The summed E-state index contributed by atoms with van der Waals surface area (Å²) in [5, 5.41) is 0. The molecule has 0 aliphatic carbocycles. The van der Waals surface area contributed by atoms with Crippen LogP contribution in [0, 0.1) is 17.8 Å². The van der Waals surface area contributed by atoms with E-state index in [2.05, 4.69) is 79.7 Å². The lowest BCUT2D eigenvalue weighted by Crippen LogP contribution is -2.27. The van der Waals surface area contributed by atoms with Crippen LogP contribution in [-0.4, -0.2) is 59.5 Å². The van der Waals surface area contributed by atoms with Crippen molar-refractivity contribution in [3.8, 4) is 17.2 Å². The van der Waals surface area contributed by atoms with Gasteiger partial charge < -0.3 is 28.4 Å². The standard InChI is InChI=1S/C43H58O6/c1-43(38-13-19-41(20-14-38)48-26-6-3-9-36-30-45-31-36,39-15-21-42(22-16-39)49-27-7-4-10-37-32-46-33-37)24-23-34-11-17-40(18-12-34)47-25-5-2-8-35-28-44-29-35/h11-22,35-37H,2-10,23-33H2,1H3. The Morgan fingerprint density at radius 1 is 0.490 bits per heavy atom. The Morgan fingerprint density at radius 2 is 0.837 bits per heavy atom. The van der Waals surface area contributed by atoms with Gasteiger partial charge in [0, 0.05) is 23.2 Å². The lowest BCUT2D eigenvalue weighted by atomic mass is 9.72. The zero-order valence-corrected chi connectivity index (χ0v) is 29.8. The average Bonchev–Trinajstić information content (AvgIpc) is 3.07. The zero-order chi connectivity index (χ0) is 33.6. The Bertz CT molecular complexity index is 1280. The first-order valence-electron chi connectivity index (χ1n) is 19.1. The molecular weight excluding hydrogens is 612 g/mol. The third-order valence-corrected chi connectivity index (χ3v) is 10.8. The molecule has 0 amide bonds. The topological polar surface area (TPSA) is 55.4 Å². The first-order valence-corrected chi connectivity index (χ1v) is 19.1. The van der Waals surface area contributed by atoms with E-state index in [1.54, 1.807) is 0 Å². The van der Waals surface area contributed by atoms with Gasteiger partial charge in [-0.05, 0) is 124 Å². The molecule has 3 aromatic carbocycles. The van der Waals surface area contributed by atoms with Crippen molar-refractivity contribution in [1.29, 1.82) is 0 Å². The maximum absolute atomic E-state index is 6.14. The summed E-state index contributed by atoms with van der Waals surface area (Å²) in [4.78, 5) is 0. The largest absolute Gasteiger partial charge is 0.494 e. The quantitative estimate of drug-likeness (QED) is 0.0938. The fraction of sp³-hybridized carbons (Fsp3) is 0.581. The highest BCUT2D eigenvalue weighted by atomic mass is 16.5. The summed E-state index contributed by atoms with van der Waals surface area (Å²) in [5.41, 5.74) is 3.75. The van der Waals surface area contributed by atoms with Crippen LogP contribution in [0.1, 0.15) is 87.8 Å². The molecule has 3 aliphatic rings. The second-order valence-corrected chi connectivity index (χ2v) is 14.8. The van der Waals surface area contributed by atoms with Crippen LogP contribution in [0.4, 0.5) is 0 Å². The average molecular weight is 671 g/mol. The van der Waals surface area contributed by atoms with E-state index >= 15 is 0 Å². The Morgan fingerprint density at radius 3 is 1.16 bits per heavy atom. The predicted molar refractivity (Wildman–Crippen MR) is 195 cm³/mol. The van der Waals surface area contributed by atoms with Gasteiger partial charge in [-0.3, -0.25) is 0 Å². The van der Waals surface area contributed by atoms with Gasteiger partial charge in [-0.1, -0.05) is 43.3 Å². The minimum atomic E-state index is -0.173. The molecule has 0 unspecified atom stereocenters. The Labute approximate surface area is 294 Å². The number of aryl methyl sites for hydroxylation is 1. The smallest absolute Gasteiger partial charge is 0.119 e. The molecule has 6 heteroatoms. The van der Waals surface area contributed by atoms with Crippen molar-refractivity contribution >= 4 is 0 Å². The van der Waals surface area contributed by atoms with Crippen LogP contribution >= 0.6 is 0 Å². The summed E-state index contributed by atoms with van der Waals surface area (Å²) in [6.07, 6.45) is 12.5. The molecule has 266 valence electrons. The fourth-order valence-corrected chi connectivity index (χ4v) is 6.97. The molecule has 0 bridgehead atoms. The maximum atomic E-state index is 6.14. The minimum Gasteiger partial charge on any atom is -0.494 e. The van der Waals surface area contributed by atoms with E-state index in [-0.39, 0.29) is 5.41 Å². The number of hydrogen-bond donors (Lipinski definition) is 0. The van der Waals surface area contributed by atoms with Crippen LogP contribution in [0.5, 0.6) is 17.2 Å². The van der Waals surface area contributed by atoms with Crippen LogP contribution in [0.25, 0.3) is 0 Å². The van der Waals surface area contributed by atoms with Gasteiger partial charge in [0.25, 0.3) is 0 Å². The van der Waals surface area contributed by atoms with Crippen LogP contribution in [0.3, 0.4) is 0 Å². The Balaban J connectivity index is 1.03. The van der Waals surface area contributed by atoms with E-state index in [0.717, 1.165) is 127 Å². The summed E-state index contributed by atoms with van der Waals surface area (Å²) >= 11 is 0. The van der Waals surface area contributed by atoms with Gasteiger partial charge >= 0.3 is 0 Å². The summed E-state index contributed by atoms with van der Waals surface area (Å²) in [6, 6.07) is 26.3. The lowest BCUT2D eigenvalue weighted by Gasteiger charge is -2.32. The van der Waals surface area contributed by atoms with Gasteiger partial charge in [0.1, 0.15) is 17.2 Å². The number of ether oxygens (including phenoxy) is 6. The summed E-state index contributed by atoms with van der Waals surface area (Å²) in [7, 11) is 0. The van der Waals surface area contributed by atoms with Crippen molar-refractivity contribution in [1.82, 2.24) is 0 Å². The van der Waals surface area contributed by atoms with E-state index in [0.29, 0.717) is 0 Å². The summed E-state index contributed by atoms with van der Waals surface area (Å²) in [5.74, 6) is 5.13. The molecule has 3 heterocycles. The first kappa shape index (κ1) is 35.8. The molecule has 0 saturated carbocycles.